The summed E-state index contributed by atoms with van der Waals surface area (Å²) in [6, 6.07) is 2.75. The second kappa shape index (κ2) is 5.27. The van der Waals surface area contributed by atoms with Gasteiger partial charge in [0.15, 0.2) is 0 Å². The summed E-state index contributed by atoms with van der Waals surface area (Å²) >= 11 is 5.95. The molecular formula is C11H14ClFN2O. The number of nitrogens with two attached hydrogens (primary N) is 1. The molecule has 2 N–H and O–H groups in total. The van der Waals surface area contributed by atoms with Gasteiger partial charge in [0.1, 0.15) is 5.82 Å². The lowest BCUT2D eigenvalue weighted by molar-refractivity contribution is -0.118. The van der Waals surface area contributed by atoms with Crippen molar-refractivity contribution in [3.63, 3.8) is 0 Å². The summed E-state index contributed by atoms with van der Waals surface area (Å²) in [4.78, 5) is 12.9. The van der Waals surface area contributed by atoms with Crippen LogP contribution >= 0.6 is 11.6 Å². The lowest BCUT2D eigenvalue weighted by atomic mass is 10.2. The Morgan fingerprint density at radius 1 is 1.56 bits per heavy atom. The van der Waals surface area contributed by atoms with Gasteiger partial charge in [-0.1, -0.05) is 11.6 Å². The summed E-state index contributed by atoms with van der Waals surface area (Å²) in [5.41, 5.74) is 6.10. The molecule has 0 radical (unpaired) electrons. The molecule has 16 heavy (non-hydrogen) atoms. The highest BCUT2D eigenvalue weighted by molar-refractivity contribution is 6.33. The fourth-order valence-electron chi connectivity index (χ4n) is 1.32. The SMILES string of the molecule is Cc1cc(Cl)c(N(C)C(=O)CCN)cc1F. The van der Waals surface area contributed by atoms with E-state index in [2.05, 4.69) is 0 Å². The van der Waals surface area contributed by atoms with Gasteiger partial charge in [0.2, 0.25) is 5.91 Å². The van der Waals surface area contributed by atoms with Gasteiger partial charge in [-0.3, -0.25) is 4.79 Å². The Morgan fingerprint density at radius 3 is 2.75 bits per heavy atom. The zero-order valence-corrected chi connectivity index (χ0v) is 10.0. The minimum absolute atomic E-state index is 0.187. The number of nitrogens with zero attached hydrogens (tertiary/aromatic N) is 1. The minimum Gasteiger partial charge on any atom is -0.330 e. The van der Waals surface area contributed by atoms with Gasteiger partial charge in [-0.15, -0.1) is 0 Å². The Morgan fingerprint density at radius 2 is 2.19 bits per heavy atom. The van der Waals surface area contributed by atoms with Crippen LogP contribution in [0.4, 0.5) is 10.1 Å². The highest BCUT2D eigenvalue weighted by Crippen LogP contribution is 2.28. The Bertz CT molecular complexity index is 409. The lowest BCUT2D eigenvalue weighted by Crippen LogP contribution is -2.28. The Hall–Kier alpha value is -1.13. The molecule has 5 heteroatoms. The van der Waals surface area contributed by atoms with Crippen LogP contribution in [0, 0.1) is 12.7 Å². The zero-order valence-electron chi connectivity index (χ0n) is 9.26. The standard InChI is InChI=1S/C11H14ClFN2O/c1-7-5-8(12)10(6-9(7)13)15(2)11(16)3-4-14/h5-6H,3-4,14H2,1-2H3. The van der Waals surface area contributed by atoms with Crippen molar-refractivity contribution in [1.29, 1.82) is 0 Å². The van der Waals surface area contributed by atoms with E-state index in [1.165, 1.54) is 17.0 Å². The van der Waals surface area contributed by atoms with Crippen molar-refractivity contribution >= 4 is 23.2 Å². The summed E-state index contributed by atoms with van der Waals surface area (Å²) in [5.74, 6) is -0.570. The van der Waals surface area contributed by atoms with E-state index in [4.69, 9.17) is 17.3 Å². The third-order valence-corrected chi connectivity index (χ3v) is 2.62. The van der Waals surface area contributed by atoms with E-state index >= 15 is 0 Å². The fraction of sp³-hybridized carbons (Fsp3) is 0.364. The van der Waals surface area contributed by atoms with Crippen molar-refractivity contribution in [3.8, 4) is 0 Å². The molecule has 0 unspecified atom stereocenters. The number of carbonyl (C=O) groups excluding carboxylic acids is 1. The van der Waals surface area contributed by atoms with Gasteiger partial charge in [-0.25, -0.2) is 4.39 Å². The van der Waals surface area contributed by atoms with Crippen LogP contribution in [0.3, 0.4) is 0 Å². The summed E-state index contributed by atoms with van der Waals surface area (Å²) in [6.45, 7) is 1.88. The normalized spacial score (nSPS) is 10.3. The molecule has 1 rings (SSSR count). The lowest BCUT2D eigenvalue weighted by Gasteiger charge is -2.19. The highest BCUT2D eigenvalue weighted by atomic mass is 35.5. The van der Waals surface area contributed by atoms with Crippen LogP contribution in [-0.2, 0) is 4.79 Å². The summed E-state index contributed by atoms with van der Waals surface area (Å²) in [7, 11) is 1.55. The van der Waals surface area contributed by atoms with Crippen molar-refractivity contribution in [2.24, 2.45) is 5.73 Å². The number of carbonyl (C=O) groups is 1. The van der Waals surface area contributed by atoms with Gasteiger partial charge in [0.25, 0.3) is 0 Å². The van der Waals surface area contributed by atoms with E-state index < -0.39 is 0 Å². The monoisotopic (exact) mass is 244 g/mol. The predicted octanol–water partition coefficient (Wildman–Crippen LogP) is 2.10. The largest absolute Gasteiger partial charge is 0.330 e. The third-order valence-electron chi connectivity index (χ3n) is 2.32. The number of benzene rings is 1. The summed E-state index contributed by atoms with van der Waals surface area (Å²) in [6.07, 6.45) is 0.211. The predicted molar refractivity (Wildman–Crippen MR) is 63.2 cm³/mol. The van der Waals surface area contributed by atoms with Gasteiger partial charge >= 0.3 is 0 Å². The van der Waals surface area contributed by atoms with Crippen molar-refractivity contribution in [2.75, 3.05) is 18.5 Å². The first-order valence-corrected chi connectivity index (χ1v) is 5.27. The topological polar surface area (TPSA) is 46.3 Å². The van der Waals surface area contributed by atoms with Gasteiger partial charge in [-0.05, 0) is 24.6 Å². The second-order valence-corrected chi connectivity index (χ2v) is 3.95. The van der Waals surface area contributed by atoms with E-state index in [1.54, 1.807) is 14.0 Å². The summed E-state index contributed by atoms with van der Waals surface area (Å²) < 4.78 is 13.3. The molecule has 88 valence electrons. The maximum absolute atomic E-state index is 13.3. The molecule has 0 saturated heterocycles. The van der Waals surface area contributed by atoms with Crippen molar-refractivity contribution in [2.45, 2.75) is 13.3 Å². The molecule has 0 aliphatic rings. The van der Waals surface area contributed by atoms with Gasteiger partial charge in [0, 0.05) is 20.0 Å². The number of aryl methyl sites for hydroxylation is 1. The van der Waals surface area contributed by atoms with E-state index in [0.29, 0.717) is 16.3 Å². The van der Waals surface area contributed by atoms with Crippen molar-refractivity contribution in [1.82, 2.24) is 0 Å². The van der Waals surface area contributed by atoms with E-state index in [0.717, 1.165) is 0 Å². The van der Waals surface area contributed by atoms with Crippen LogP contribution in [-0.4, -0.2) is 19.5 Å². The second-order valence-electron chi connectivity index (χ2n) is 3.54. The maximum atomic E-state index is 13.3. The van der Waals surface area contributed by atoms with Crippen LogP contribution < -0.4 is 10.6 Å². The molecule has 1 aromatic rings. The Kier molecular flexibility index (Phi) is 4.26. The number of hydrogen-bond acceptors (Lipinski definition) is 2. The first kappa shape index (κ1) is 12.9. The van der Waals surface area contributed by atoms with Gasteiger partial charge in [0.05, 0.1) is 10.7 Å². The smallest absolute Gasteiger partial charge is 0.228 e. The molecule has 0 bridgehead atoms. The first-order valence-electron chi connectivity index (χ1n) is 4.89. The van der Waals surface area contributed by atoms with Gasteiger partial charge < -0.3 is 10.6 Å². The molecule has 1 aromatic carbocycles. The van der Waals surface area contributed by atoms with Crippen LogP contribution in [0.2, 0.25) is 5.02 Å². The number of halogens is 2. The van der Waals surface area contributed by atoms with Crippen LogP contribution in [0.5, 0.6) is 0 Å². The maximum Gasteiger partial charge on any atom is 0.228 e. The molecule has 0 atom stereocenters. The highest BCUT2D eigenvalue weighted by Gasteiger charge is 2.15. The molecule has 0 spiro atoms. The third kappa shape index (κ3) is 2.71. The molecule has 0 fully saturated rings. The average molecular weight is 245 g/mol. The van der Waals surface area contributed by atoms with E-state index in [9.17, 15) is 9.18 Å². The van der Waals surface area contributed by atoms with Crippen molar-refractivity contribution < 1.29 is 9.18 Å². The van der Waals surface area contributed by atoms with Crippen LogP contribution in [0.15, 0.2) is 12.1 Å². The van der Waals surface area contributed by atoms with Crippen molar-refractivity contribution in [3.05, 3.63) is 28.5 Å². The number of rotatable bonds is 3. The van der Waals surface area contributed by atoms with Crippen LogP contribution in [0.25, 0.3) is 0 Å². The fourth-order valence-corrected chi connectivity index (χ4v) is 1.66. The molecule has 0 aromatic heterocycles. The Balaban J connectivity index is 3.04. The Labute approximate surface area is 99.0 Å². The average Bonchev–Trinajstić information content (AvgIpc) is 2.23. The first-order chi connectivity index (χ1) is 7.47. The number of hydrogen-bond donors (Lipinski definition) is 1. The zero-order chi connectivity index (χ0) is 12.3. The van der Waals surface area contributed by atoms with Gasteiger partial charge in [-0.2, -0.15) is 0 Å². The quantitative estimate of drug-likeness (QED) is 0.885. The minimum atomic E-state index is -0.383. The molecule has 0 heterocycles. The van der Waals surface area contributed by atoms with E-state index in [-0.39, 0.29) is 24.7 Å². The van der Waals surface area contributed by atoms with Crippen LogP contribution in [0.1, 0.15) is 12.0 Å². The van der Waals surface area contributed by atoms with E-state index in [1.807, 2.05) is 0 Å². The summed E-state index contributed by atoms with van der Waals surface area (Å²) in [5, 5.41) is 0.353. The molecule has 0 aliphatic heterocycles. The number of anilines is 1. The molecule has 0 saturated carbocycles. The number of amides is 1. The molecule has 1 amide bonds. The molecule has 3 nitrogen and oxygen atoms in total. The molecular weight excluding hydrogens is 231 g/mol. The molecule has 0 aliphatic carbocycles.